The molecule has 5 rings (SSSR count). The maximum Gasteiger partial charge on any atom is 0.251 e. The fraction of sp³-hybridized carbons (Fsp3) is 0.242. The van der Waals surface area contributed by atoms with Gasteiger partial charge in [-0.05, 0) is 55.7 Å². The summed E-state index contributed by atoms with van der Waals surface area (Å²) in [5.41, 5.74) is 18.9. The largest absolute Gasteiger partial charge is 0.436 e. The number of nitrogens with two attached hydrogens (primary N) is 3. The van der Waals surface area contributed by atoms with Crippen LogP contribution in [0.3, 0.4) is 0 Å². The number of rotatable bonds is 14. The van der Waals surface area contributed by atoms with Crippen molar-refractivity contribution >= 4 is 34.9 Å². The van der Waals surface area contributed by atoms with Crippen LogP contribution in [-0.4, -0.2) is 67.3 Å². The Balaban J connectivity index is 1.26. The molecule has 0 saturated heterocycles. The van der Waals surface area contributed by atoms with Crippen molar-refractivity contribution in [2.75, 3.05) is 18.4 Å². The van der Waals surface area contributed by atoms with Crippen molar-refractivity contribution in [2.45, 2.75) is 38.8 Å². The zero-order chi connectivity index (χ0) is 35.8. The lowest BCUT2D eigenvalue weighted by Crippen LogP contribution is -2.47. The second kappa shape index (κ2) is 15.8. The highest BCUT2D eigenvalue weighted by Gasteiger charge is 2.21. The summed E-state index contributed by atoms with van der Waals surface area (Å²) in [7, 11) is 0. The van der Waals surface area contributed by atoms with E-state index in [-0.39, 0.29) is 60.2 Å². The van der Waals surface area contributed by atoms with E-state index in [0.717, 1.165) is 5.56 Å². The molecule has 2 atom stereocenters. The fourth-order valence-corrected chi connectivity index (χ4v) is 4.99. The third-order valence-electron chi connectivity index (χ3n) is 7.54. The Kier molecular flexibility index (Phi) is 11.1. The number of imidazole rings is 1. The molecule has 2 aromatic carbocycles. The van der Waals surface area contributed by atoms with Crippen molar-refractivity contribution in [2.24, 2.45) is 22.2 Å². The molecule has 3 heterocycles. The lowest BCUT2D eigenvalue weighted by Gasteiger charge is -2.18. The molecule has 0 saturated carbocycles. The number of hydrogen-bond donors (Lipinski definition) is 6. The molecule has 260 valence electrons. The van der Waals surface area contributed by atoms with E-state index < -0.39 is 23.7 Å². The van der Waals surface area contributed by atoms with Crippen LogP contribution in [0.25, 0.3) is 16.9 Å². The summed E-state index contributed by atoms with van der Waals surface area (Å²) in [6.45, 7) is 4.07. The lowest BCUT2D eigenvalue weighted by atomic mass is 10.0. The number of amides is 2. The molecule has 2 amide bonds. The standard InChI is InChI=1S/C33H36F2N12O3/c1-3-19-14-20(4-5-21(19)31(48)45-18(2)15-43-32(49)23(36)8-11-41-33(37)38)46-29-30-42-16-24(47(30)13-12-40-29)22-6-7-25(28(35)27(22)34)50-26-9-10-39-17-44-26/h4-7,9-10,12-14,16-18,23H,3,8,11,15,36H2,1-2H3,(H,40,46)(H,43,49)(H,45,48)(H4,37,38,41)/t18-,23-/m0/s1. The number of guanidine groups is 1. The van der Waals surface area contributed by atoms with Crippen molar-refractivity contribution in [3.63, 3.8) is 0 Å². The second-order valence-electron chi connectivity index (χ2n) is 11.2. The monoisotopic (exact) mass is 686 g/mol. The average molecular weight is 687 g/mol. The number of anilines is 2. The number of halogens is 2. The molecule has 17 heteroatoms. The van der Waals surface area contributed by atoms with Gasteiger partial charge in [-0.1, -0.05) is 6.92 Å². The van der Waals surface area contributed by atoms with Crippen LogP contribution in [0.5, 0.6) is 11.6 Å². The first-order valence-electron chi connectivity index (χ1n) is 15.6. The minimum Gasteiger partial charge on any atom is -0.436 e. The Morgan fingerprint density at radius 2 is 1.88 bits per heavy atom. The van der Waals surface area contributed by atoms with E-state index in [9.17, 15) is 9.59 Å². The zero-order valence-corrected chi connectivity index (χ0v) is 27.2. The van der Waals surface area contributed by atoms with E-state index >= 15 is 8.78 Å². The minimum absolute atomic E-state index is 0.0368. The number of aryl methyl sites for hydroxylation is 1. The van der Waals surface area contributed by atoms with Gasteiger partial charge in [0.25, 0.3) is 5.91 Å². The van der Waals surface area contributed by atoms with Gasteiger partial charge in [0.2, 0.25) is 17.6 Å². The minimum atomic E-state index is -1.18. The Labute approximate surface area is 285 Å². The van der Waals surface area contributed by atoms with Gasteiger partial charge in [-0.25, -0.2) is 24.3 Å². The number of hydrogen-bond acceptors (Lipinski definition) is 10. The number of ether oxygens (including phenoxy) is 1. The number of aromatic nitrogens is 5. The summed E-state index contributed by atoms with van der Waals surface area (Å²) in [5, 5.41) is 8.83. The van der Waals surface area contributed by atoms with Crippen molar-refractivity contribution in [3.8, 4) is 22.9 Å². The van der Waals surface area contributed by atoms with Crippen LogP contribution in [0.4, 0.5) is 20.3 Å². The molecule has 0 unspecified atom stereocenters. The summed E-state index contributed by atoms with van der Waals surface area (Å²) < 4.78 is 37.3. The first kappa shape index (κ1) is 35.1. The maximum atomic E-state index is 15.3. The molecule has 0 aliphatic rings. The third-order valence-corrected chi connectivity index (χ3v) is 7.54. The molecule has 0 spiro atoms. The zero-order valence-electron chi connectivity index (χ0n) is 27.2. The van der Waals surface area contributed by atoms with Crippen LogP contribution in [-0.2, 0) is 11.2 Å². The van der Waals surface area contributed by atoms with Crippen molar-refractivity contribution in [1.82, 2.24) is 35.0 Å². The number of carbonyl (C=O) groups excluding carboxylic acids is 2. The highest BCUT2D eigenvalue weighted by molar-refractivity contribution is 5.96. The van der Waals surface area contributed by atoms with E-state index in [1.165, 1.54) is 43.1 Å². The Hall–Kier alpha value is -6.23. The molecule has 3 aromatic heterocycles. The van der Waals surface area contributed by atoms with E-state index in [2.05, 4.69) is 40.9 Å². The number of nitrogens with zero attached hydrogens (tertiary/aromatic N) is 6. The number of carbonyl (C=O) groups is 2. The molecular weight excluding hydrogens is 650 g/mol. The first-order valence-corrected chi connectivity index (χ1v) is 15.6. The van der Waals surface area contributed by atoms with E-state index in [4.69, 9.17) is 21.9 Å². The van der Waals surface area contributed by atoms with Gasteiger partial charge >= 0.3 is 0 Å². The number of nitrogens with one attached hydrogen (secondary N) is 3. The van der Waals surface area contributed by atoms with E-state index in [1.807, 2.05) is 13.0 Å². The molecule has 0 aliphatic heterocycles. The van der Waals surface area contributed by atoms with Crippen LogP contribution in [0.2, 0.25) is 0 Å². The topological polar surface area (TPSA) is 226 Å². The normalized spacial score (nSPS) is 12.2. The van der Waals surface area contributed by atoms with Gasteiger partial charge in [-0.15, -0.1) is 0 Å². The van der Waals surface area contributed by atoms with Crippen LogP contribution < -0.4 is 37.9 Å². The number of aliphatic imine (C=N–C) groups is 1. The van der Waals surface area contributed by atoms with Gasteiger partial charge < -0.3 is 37.9 Å². The molecule has 0 fully saturated rings. The fourth-order valence-electron chi connectivity index (χ4n) is 4.99. The molecule has 5 aromatic rings. The summed E-state index contributed by atoms with van der Waals surface area (Å²) in [6, 6.07) is 8.16. The maximum absolute atomic E-state index is 15.3. The molecule has 15 nitrogen and oxygen atoms in total. The number of fused-ring (bicyclic) bond motifs is 1. The Morgan fingerprint density at radius 1 is 1.06 bits per heavy atom. The Bertz CT molecular complexity index is 2020. The van der Waals surface area contributed by atoms with Gasteiger partial charge in [0, 0.05) is 60.6 Å². The van der Waals surface area contributed by atoms with Crippen molar-refractivity contribution in [3.05, 3.63) is 90.3 Å². The SMILES string of the molecule is CCc1cc(Nc2nccn3c(-c4ccc(Oc5ccncn5)c(F)c4F)cnc23)ccc1C(=O)N[C@@H](C)CNC(=O)[C@@H](N)CCN=C(N)N. The van der Waals surface area contributed by atoms with Crippen LogP contribution in [0, 0.1) is 11.6 Å². The smallest absolute Gasteiger partial charge is 0.251 e. The summed E-state index contributed by atoms with van der Waals surface area (Å²) in [5.74, 6) is -2.98. The predicted molar refractivity (Wildman–Crippen MR) is 183 cm³/mol. The van der Waals surface area contributed by atoms with E-state index in [0.29, 0.717) is 29.1 Å². The highest BCUT2D eigenvalue weighted by atomic mass is 19.2. The van der Waals surface area contributed by atoms with Gasteiger partial charge in [0.1, 0.15) is 6.33 Å². The predicted octanol–water partition coefficient (Wildman–Crippen LogP) is 2.79. The second-order valence-corrected chi connectivity index (χ2v) is 11.2. The number of benzene rings is 2. The van der Waals surface area contributed by atoms with Gasteiger partial charge in [-0.2, -0.15) is 4.39 Å². The van der Waals surface area contributed by atoms with Crippen molar-refractivity contribution in [1.29, 1.82) is 0 Å². The average Bonchev–Trinajstić information content (AvgIpc) is 3.54. The van der Waals surface area contributed by atoms with Gasteiger partial charge in [-0.3, -0.25) is 19.0 Å². The first-order chi connectivity index (χ1) is 24.0. The quantitative estimate of drug-likeness (QED) is 0.0735. The highest BCUT2D eigenvalue weighted by Crippen LogP contribution is 2.33. The molecule has 0 aliphatic carbocycles. The Morgan fingerprint density at radius 3 is 2.62 bits per heavy atom. The lowest BCUT2D eigenvalue weighted by molar-refractivity contribution is -0.122. The van der Waals surface area contributed by atoms with Crippen LogP contribution in [0.1, 0.15) is 36.2 Å². The molecule has 9 N–H and O–H groups in total. The van der Waals surface area contributed by atoms with Crippen LogP contribution >= 0.6 is 0 Å². The van der Waals surface area contributed by atoms with E-state index in [1.54, 1.807) is 29.7 Å². The summed E-state index contributed by atoms with van der Waals surface area (Å²) >= 11 is 0. The van der Waals surface area contributed by atoms with Crippen LogP contribution in [0.15, 0.2) is 72.5 Å². The van der Waals surface area contributed by atoms with Gasteiger partial charge in [0.15, 0.2) is 29.0 Å². The summed E-state index contributed by atoms with van der Waals surface area (Å²) in [6.07, 6.45) is 7.97. The third kappa shape index (κ3) is 8.24. The molecule has 0 bridgehead atoms. The van der Waals surface area contributed by atoms with Gasteiger partial charge in [0.05, 0.1) is 17.9 Å². The summed E-state index contributed by atoms with van der Waals surface area (Å²) in [4.78, 5) is 45.7. The molecule has 50 heavy (non-hydrogen) atoms. The molecule has 0 radical (unpaired) electrons. The van der Waals surface area contributed by atoms with Crippen molar-refractivity contribution < 1.29 is 23.1 Å². The molecular formula is C33H36F2N12O3.